The van der Waals surface area contributed by atoms with E-state index < -0.39 is 5.97 Å². The van der Waals surface area contributed by atoms with Gasteiger partial charge >= 0.3 is 5.97 Å². The van der Waals surface area contributed by atoms with Gasteiger partial charge < -0.3 is 15.5 Å². The number of aliphatic hydroxyl groups is 1. The van der Waals surface area contributed by atoms with Crippen molar-refractivity contribution in [2.75, 3.05) is 32.8 Å². The van der Waals surface area contributed by atoms with E-state index in [0.29, 0.717) is 26.2 Å². The predicted molar refractivity (Wildman–Crippen MR) is 54.5 cm³/mol. The van der Waals surface area contributed by atoms with E-state index in [-0.39, 0.29) is 18.9 Å². The number of nitrogens with zero attached hydrogens (tertiary/aromatic N) is 1. The minimum absolute atomic E-state index is 0.0142. The molecule has 0 atom stereocenters. The standard InChI is InChI=1S/C9H18N2O4/c1-8(13)10-3-5-11(6-7-12)4-2-9(14)15/h12H,2-7H2,1H3,(H,10,13)(H,14,15). The Kier molecular flexibility index (Phi) is 7.57. The Morgan fingerprint density at radius 1 is 1.27 bits per heavy atom. The molecule has 0 saturated heterocycles. The van der Waals surface area contributed by atoms with Gasteiger partial charge in [-0.15, -0.1) is 0 Å². The van der Waals surface area contributed by atoms with Gasteiger partial charge in [0.1, 0.15) is 0 Å². The van der Waals surface area contributed by atoms with Crippen molar-refractivity contribution >= 4 is 11.9 Å². The van der Waals surface area contributed by atoms with Crippen LogP contribution in [0.2, 0.25) is 0 Å². The molecule has 88 valence electrons. The van der Waals surface area contributed by atoms with Crippen LogP contribution < -0.4 is 5.32 Å². The third kappa shape index (κ3) is 9.17. The Morgan fingerprint density at radius 2 is 1.93 bits per heavy atom. The highest BCUT2D eigenvalue weighted by molar-refractivity contribution is 5.72. The Labute approximate surface area is 88.9 Å². The second-order valence-corrected chi connectivity index (χ2v) is 3.19. The molecular formula is C9H18N2O4. The first-order valence-corrected chi connectivity index (χ1v) is 4.85. The van der Waals surface area contributed by atoms with Crippen LogP contribution in [0.4, 0.5) is 0 Å². The van der Waals surface area contributed by atoms with Gasteiger partial charge in [0.25, 0.3) is 0 Å². The summed E-state index contributed by atoms with van der Waals surface area (Å²) in [4.78, 5) is 22.7. The van der Waals surface area contributed by atoms with Crippen LogP contribution in [-0.4, -0.2) is 59.8 Å². The number of carbonyl (C=O) groups is 2. The summed E-state index contributed by atoms with van der Waals surface area (Å²) in [5, 5.41) is 19.8. The van der Waals surface area contributed by atoms with Crippen molar-refractivity contribution < 1.29 is 19.8 Å². The first kappa shape index (κ1) is 13.9. The number of aliphatic hydroxyl groups excluding tert-OH is 1. The van der Waals surface area contributed by atoms with E-state index in [1.807, 2.05) is 0 Å². The van der Waals surface area contributed by atoms with E-state index in [9.17, 15) is 9.59 Å². The topological polar surface area (TPSA) is 89.9 Å². The molecule has 0 aromatic rings. The van der Waals surface area contributed by atoms with Gasteiger partial charge in [-0.25, -0.2) is 0 Å². The van der Waals surface area contributed by atoms with Crippen LogP contribution in [0, 0.1) is 0 Å². The number of hydrogen-bond donors (Lipinski definition) is 3. The maximum absolute atomic E-state index is 10.6. The van der Waals surface area contributed by atoms with E-state index in [4.69, 9.17) is 10.2 Å². The fraction of sp³-hybridized carbons (Fsp3) is 0.778. The van der Waals surface area contributed by atoms with Crippen molar-refractivity contribution in [2.24, 2.45) is 0 Å². The number of carboxylic acid groups (broad SMARTS) is 1. The zero-order chi connectivity index (χ0) is 11.7. The van der Waals surface area contributed by atoms with Crippen LogP contribution in [-0.2, 0) is 9.59 Å². The average Bonchev–Trinajstić information content (AvgIpc) is 2.13. The monoisotopic (exact) mass is 218 g/mol. The van der Waals surface area contributed by atoms with Crippen LogP contribution in [0.1, 0.15) is 13.3 Å². The minimum Gasteiger partial charge on any atom is -0.481 e. The van der Waals surface area contributed by atoms with Gasteiger partial charge in [-0.05, 0) is 0 Å². The molecule has 3 N–H and O–H groups in total. The van der Waals surface area contributed by atoms with E-state index in [0.717, 1.165) is 0 Å². The third-order valence-electron chi connectivity index (χ3n) is 1.86. The molecule has 6 nitrogen and oxygen atoms in total. The molecule has 1 amide bonds. The number of carboxylic acids is 1. The van der Waals surface area contributed by atoms with Crippen molar-refractivity contribution in [2.45, 2.75) is 13.3 Å². The molecule has 6 heteroatoms. The second kappa shape index (κ2) is 8.19. The molecule has 0 aliphatic rings. The summed E-state index contributed by atoms with van der Waals surface area (Å²) in [7, 11) is 0. The van der Waals surface area contributed by atoms with Crippen LogP contribution in [0.25, 0.3) is 0 Å². The highest BCUT2D eigenvalue weighted by atomic mass is 16.4. The summed E-state index contributed by atoms with van der Waals surface area (Å²) in [5.41, 5.74) is 0. The SMILES string of the molecule is CC(=O)NCCN(CCO)CCC(=O)O. The van der Waals surface area contributed by atoms with Gasteiger partial charge in [0, 0.05) is 33.1 Å². The quantitative estimate of drug-likeness (QED) is 0.481. The molecular weight excluding hydrogens is 200 g/mol. The summed E-state index contributed by atoms with van der Waals surface area (Å²) in [6, 6.07) is 0. The van der Waals surface area contributed by atoms with Crippen LogP contribution in [0.5, 0.6) is 0 Å². The molecule has 0 radical (unpaired) electrons. The molecule has 0 rings (SSSR count). The second-order valence-electron chi connectivity index (χ2n) is 3.19. The number of carbonyl (C=O) groups excluding carboxylic acids is 1. The van der Waals surface area contributed by atoms with Crippen LogP contribution in [0.3, 0.4) is 0 Å². The number of nitrogens with one attached hydrogen (secondary N) is 1. The zero-order valence-corrected chi connectivity index (χ0v) is 8.90. The largest absolute Gasteiger partial charge is 0.481 e. The molecule has 0 bridgehead atoms. The maximum Gasteiger partial charge on any atom is 0.304 e. The predicted octanol–water partition coefficient (Wildman–Crippen LogP) is -1.11. The minimum atomic E-state index is -0.863. The highest BCUT2D eigenvalue weighted by Gasteiger charge is 2.06. The molecule has 0 aromatic heterocycles. The van der Waals surface area contributed by atoms with Gasteiger partial charge in [0.05, 0.1) is 13.0 Å². The molecule has 0 heterocycles. The molecule has 0 fully saturated rings. The summed E-state index contributed by atoms with van der Waals surface area (Å²) in [6.07, 6.45) is 0.0417. The molecule has 0 unspecified atom stereocenters. The fourth-order valence-corrected chi connectivity index (χ4v) is 1.12. The number of hydrogen-bond acceptors (Lipinski definition) is 4. The van der Waals surface area contributed by atoms with Crippen molar-refractivity contribution in [1.29, 1.82) is 0 Å². The van der Waals surface area contributed by atoms with E-state index in [2.05, 4.69) is 5.32 Å². The molecule has 0 aromatic carbocycles. The molecule has 0 aliphatic carbocycles. The molecule has 0 saturated carbocycles. The highest BCUT2D eigenvalue weighted by Crippen LogP contribution is 1.90. The Balaban J connectivity index is 3.71. The van der Waals surface area contributed by atoms with Gasteiger partial charge in [-0.2, -0.15) is 0 Å². The lowest BCUT2D eigenvalue weighted by Crippen LogP contribution is -2.36. The first-order valence-electron chi connectivity index (χ1n) is 4.85. The smallest absolute Gasteiger partial charge is 0.304 e. The fourth-order valence-electron chi connectivity index (χ4n) is 1.12. The Morgan fingerprint density at radius 3 is 2.40 bits per heavy atom. The molecule has 0 aliphatic heterocycles. The summed E-state index contributed by atoms with van der Waals surface area (Å²) in [5.74, 6) is -0.977. The maximum atomic E-state index is 10.6. The summed E-state index contributed by atoms with van der Waals surface area (Å²) >= 11 is 0. The zero-order valence-electron chi connectivity index (χ0n) is 8.90. The third-order valence-corrected chi connectivity index (χ3v) is 1.86. The normalized spacial score (nSPS) is 10.3. The van der Waals surface area contributed by atoms with Crippen molar-refractivity contribution in [1.82, 2.24) is 10.2 Å². The number of rotatable bonds is 8. The van der Waals surface area contributed by atoms with Gasteiger partial charge in [-0.3, -0.25) is 14.5 Å². The molecule has 15 heavy (non-hydrogen) atoms. The number of amides is 1. The van der Waals surface area contributed by atoms with Crippen molar-refractivity contribution in [3.8, 4) is 0 Å². The van der Waals surface area contributed by atoms with E-state index >= 15 is 0 Å². The Hall–Kier alpha value is -1.14. The lowest BCUT2D eigenvalue weighted by molar-refractivity contribution is -0.137. The average molecular weight is 218 g/mol. The lowest BCUT2D eigenvalue weighted by atomic mass is 10.3. The van der Waals surface area contributed by atoms with E-state index in [1.165, 1.54) is 6.92 Å². The van der Waals surface area contributed by atoms with Crippen LogP contribution >= 0.6 is 0 Å². The number of aliphatic carboxylic acids is 1. The van der Waals surface area contributed by atoms with Gasteiger partial charge in [0.2, 0.25) is 5.91 Å². The van der Waals surface area contributed by atoms with Crippen LogP contribution in [0.15, 0.2) is 0 Å². The summed E-state index contributed by atoms with van der Waals surface area (Å²) < 4.78 is 0. The Bertz CT molecular complexity index is 208. The summed E-state index contributed by atoms with van der Waals surface area (Å²) in [6.45, 7) is 3.23. The van der Waals surface area contributed by atoms with Gasteiger partial charge in [-0.1, -0.05) is 0 Å². The van der Waals surface area contributed by atoms with Crippen molar-refractivity contribution in [3.05, 3.63) is 0 Å². The van der Waals surface area contributed by atoms with Crippen molar-refractivity contribution in [3.63, 3.8) is 0 Å². The van der Waals surface area contributed by atoms with E-state index in [1.54, 1.807) is 4.90 Å². The lowest BCUT2D eigenvalue weighted by Gasteiger charge is -2.20. The van der Waals surface area contributed by atoms with Gasteiger partial charge in [0.15, 0.2) is 0 Å². The first-order chi connectivity index (χ1) is 7.06. The molecule has 0 spiro atoms.